The summed E-state index contributed by atoms with van der Waals surface area (Å²) < 4.78 is 23.1. The zero-order chi connectivity index (χ0) is 16.4. The van der Waals surface area contributed by atoms with E-state index in [1.165, 1.54) is 6.26 Å². The van der Waals surface area contributed by atoms with E-state index >= 15 is 0 Å². The van der Waals surface area contributed by atoms with Gasteiger partial charge in [0, 0.05) is 17.6 Å². The number of amidine groups is 1. The summed E-state index contributed by atoms with van der Waals surface area (Å²) in [5.41, 5.74) is 1.85. The standard InChI is InChI=1S/C16H16ClN3O2S/c1-23(21,22)15-9-7-14(8-10-15)20-12-19(11-18-16(20)17)13-5-3-2-4-6-13/h2-10H,11-12H2,1H3. The Morgan fingerprint density at radius 3 is 2.26 bits per heavy atom. The third-order valence-electron chi connectivity index (χ3n) is 3.60. The first kappa shape index (κ1) is 15.8. The van der Waals surface area contributed by atoms with Crippen molar-refractivity contribution < 1.29 is 8.42 Å². The van der Waals surface area contributed by atoms with Crippen LogP contribution in [0.2, 0.25) is 0 Å². The molecule has 5 nitrogen and oxygen atoms in total. The highest BCUT2D eigenvalue weighted by molar-refractivity contribution is 7.90. The van der Waals surface area contributed by atoms with E-state index in [-0.39, 0.29) is 4.90 Å². The van der Waals surface area contributed by atoms with Gasteiger partial charge >= 0.3 is 0 Å². The molecule has 7 heteroatoms. The van der Waals surface area contributed by atoms with Gasteiger partial charge in [-0.2, -0.15) is 0 Å². The predicted octanol–water partition coefficient (Wildman–Crippen LogP) is 2.93. The van der Waals surface area contributed by atoms with Gasteiger partial charge in [0.15, 0.2) is 9.84 Å². The maximum Gasteiger partial charge on any atom is 0.201 e. The molecule has 0 unspecified atom stereocenters. The molecule has 0 amide bonds. The molecule has 0 saturated heterocycles. The fourth-order valence-corrected chi connectivity index (χ4v) is 3.20. The van der Waals surface area contributed by atoms with Crippen molar-refractivity contribution in [3.05, 3.63) is 54.6 Å². The summed E-state index contributed by atoms with van der Waals surface area (Å²) in [6.07, 6.45) is 1.19. The minimum absolute atomic E-state index is 0.284. The minimum atomic E-state index is -3.21. The fraction of sp³-hybridized carbons (Fsp3) is 0.188. The molecule has 0 saturated carbocycles. The van der Waals surface area contributed by atoms with Gasteiger partial charge in [-0.1, -0.05) is 18.2 Å². The normalized spacial score (nSPS) is 15.5. The van der Waals surface area contributed by atoms with Crippen LogP contribution in [-0.2, 0) is 9.84 Å². The third-order valence-corrected chi connectivity index (χ3v) is 5.06. The molecule has 2 aromatic rings. The molecule has 0 aliphatic carbocycles. The second-order valence-corrected chi connectivity index (χ2v) is 7.63. The Bertz CT molecular complexity index is 820. The monoisotopic (exact) mass is 349 g/mol. The zero-order valence-electron chi connectivity index (χ0n) is 12.6. The Hall–Kier alpha value is -2.05. The molecule has 3 rings (SSSR count). The number of benzene rings is 2. The van der Waals surface area contributed by atoms with Gasteiger partial charge in [-0.3, -0.25) is 4.90 Å². The number of anilines is 2. The van der Waals surface area contributed by atoms with Crippen LogP contribution in [0.15, 0.2) is 64.5 Å². The maximum atomic E-state index is 11.6. The molecule has 2 aromatic carbocycles. The molecule has 23 heavy (non-hydrogen) atoms. The van der Waals surface area contributed by atoms with E-state index in [9.17, 15) is 8.42 Å². The second-order valence-electron chi connectivity index (χ2n) is 5.28. The number of nitrogens with zero attached hydrogens (tertiary/aromatic N) is 3. The topological polar surface area (TPSA) is 53.0 Å². The number of halogens is 1. The number of aliphatic imine (C=N–C) groups is 1. The van der Waals surface area contributed by atoms with Gasteiger partial charge in [0.25, 0.3) is 0 Å². The minimum Gasteiger partial charge on any atom is -0.334 e. The van der Waals surface area contributed by atoms with E-state index in [0.717, 1.165) is 11.4 Å². The summed E-state index contributed by atoms with van der Waals surface area (Å²) in [5.74, 6) is 0. The van der Waals surface area contributed by atoms with Crippen molar-refractivity contribution in [3.63, 3.8) is 0 Å². The first-order chi connectivity index (χ1) is 10.9. The number of rotatable bonds is 3. The van der Waals surface area contributed by atoms with Crippen LogP contribution >= 0.6 is 11.6 Å². The van der Waals surface area contributed by atoms with Crippen molar-refractivity contribution in [1.82, 2.24) is 0 Å². The Balaban J connectivity index is 1.87. The van der Waals surface area contributed by atoms with Gasteiger partial charge in [-0.15, -0.1) is 0 Å². The highest BCUT2D eigenvalue weighted by Gasteiger charge is 2.21. The SMILES string of the molecule is CS(=O)(=O)c1ccc(N2CN(c3ccccc3)CN=C2Cl)cc1. The molecule has 0 aromatic heterocycles. The van der Waals surface area contributed by atoms with Crippen LogP contribution in [0.25, 0.3) is 0 Å². The Labute approximate surface area is 140 Å². The fourth-order valence-electron chi connectivity index (χ4n) is 2.37. The molecular weight excluding hydrogens is 334 g/mol. The molecule has 0 N–H and O–H groups in total. The van der Waals surface area contributed by atoms with E-state index in [4.69, 9.17) is 11.6 Å². The predicted molar refractivity (Wildman–Crippen MR) is 94.0 cm³/mol. The quantitative estimate of drug-likeness (QED) is 0.799. The van der Waals surface area contributed by atoms with Crippen molar-refractivity contribution >= 4 is 38.1 Å². The molecular formula is C16H16ClN3O2S. The zero-order valence-corrected chi connectivity index (χ0v) is 14.1. The number of hydrogen-bond acceptors (Lipinski definition) is 5. The van der Waals surface area contributed by atoms with E-state index in [1.807, 2.05) is 35.2 Å². The lowest BCUT2D eigenvalue weighted by Gasteiger charge is -2.35. The highest BCUT2D eigenvalue weighted by atomic mass is 35.5. The van der Waals surface area contributed by atoms with Crippen LogP contribution in [0.3, 0.4) is 0 Å². The van der Waals surface area contributed by atoms with Crippen molar-refractivity contribution in [2.24, 2.45) is 4.99 Å². The molecule has 1 aliphatic rings. The van der Waals surface area contributed by atoms with Crippen molar-refractivity contribution in [3.8, 4) is 0 Å². The molecule has 0 radical (unpaired) electrons. The van der Waals surface area contributed by atoms with Crippen LogP contribution in [0.5, 0.6) is 0 Å². The van der Waals surface area contributed by atoms with Gasteiger partial charge in [-0.05, 0) is 48.0 Å². The Morgan fingerprint density at radius 2 is 1.65 bits per heavy atom. The van der Waals surface area contributed by atoms with Gasteiger partial charge in [-0.25, -0.2) is 13.4 Å². The molecule has 0 spiro atoms. The van der Waals surface area contributed by atoms with Crippen LogP contribution in [-0.4, -0.2) is 33.3 Å². The van der Waals surface area contributed by atoms with Crippen LogP contribution in [0.4, 0.5) is 11.4 Å². The average molecular weight is 350 g/mol. The van der Waals surface area contributed by atoms with E-state index in [2.05, 4.69) is 9.89 Å². The van der Waals surface area contributed by atoms with Gasteiger partial charge in [0.2, 0.25) is 5.29 Å². The average Bonchev–Trinajstić information content (AvgIpc) is 2.55. The van der Waals surface area contributed by atoms with Crippen LogP contribution in [0.1, 0.15) is 0 Å². The summed E-state index contributed by atoms with van der Waals surface area (Å²) in [6, 6.07) is 16.6. The lowest BCUT2D eigenvalue weighted by molar-refractivity contribution is 0.602. The first-order valence-corrected chi connectivity index (χ1v) is 9.30. The molecule has 0 atom stereocenters. The van der Waals surface area contributed by atoms with E-state index in [1.54, 1.807) is 24.3 Å². The van der Waals surface area contributed by atoms with E-state index in [0.29, 0.717) is 18.6 Å². The molecule has 120 valence electrons. The van der Waals surface area contributed by atoms with Crippen LogP contribution < -0.4 is 9.80 Å². The van der Waals surface area contributed by atoms with Crippen molar-refractivity contribution in [2.75, 3.05) is 29.4 Å². The first-order valence-electron chi connectivity index (χ1n) is 7.03. The maximum absolute atomic E-state index is 11.6. The lowest BCUT2D eigenvalue weighted by atomic mass is 10.3. The number of para-hydroxylation sites is 1. The van der Waals surface area contributed by atoms with Gasteiger partial charge in [0.05, 0.1) is 11.6 Å². The summed E-state index contributed by atoms with van der Waals surface area (Å²) in [7, 11) is -3.21. The van der Waals surface area contributed by atoms with Crippen LogP contribution in [0, 0.1) is 0 Å². The largest absolute Gasteiger partial charge is 0.334 e. The van der Waals surface area contributed by atoms with Crippen molar-refractivity contribution in [1.29, 1.82) is 0 Å². The Morgan fingerprint density at radius 1 is 1.00 bits per heavy atom. The molecule has 1 aliphatic heterocycles. The second kappa shape index (κ2) is 6.22. The summed E-state index contributed by atoms with van der Waals surface area (Å²) in [4.78, 5) is 8.53. The highest BCUT2D eigenvalue weighted by Crippen LogP contribution is 2.24. The number of hydrogen-bond donors (Lipinski definition) is 0. The summed E-state index contributed by atoms with van der Waals surface area (Å²) in [6.45, 7) is 1.03. The lowest BCUT2D eigenvalue weighted by Crippen LogP contribution is -2.44. The summed E-state index contributed by atoms with van der Waals surface area (Å²) >= 11 is 6.23. The van der Waals surface area contributed by atoms with Gasteiger partial charge < -0.3 is 4.90 Å². The van der Waals surface area contributed by atoms with Crippen molar-refractivity contribution in [2.45, 2.75) is 4.90 Å². The van der Waals surface area contributed by atoms with E-state index < -0.39 is 9.84 Å². The molecule has 1 heterocycles. The van der Waals surface area contributed by atoms with Gasteiger partial charge in [0.1, 0.15) is 6.67 Å². The third kappa shape index (κ3) is 3.48. The Kier molecular flexibility index (Phi) is 4.28. The summed E-state index contributed by atoms with van der Waals surface area (Å²) in [5, 5.41) is 0.393. The molecule has 0 bridgehead atoms. The smallest absolute Gasteiger partial charge is 0.201 e. The number of sulfone groups is 1. The molecule has 0 fully saturated rings.